The van der Waals surface area contributed by atoms with Crippen molar-refractivity contribution in [3.05, 3.63) is 18.2 Å². The van der Waals surface area contributed by atoms with E-state index in [1.165, 1.54) is 9.13 Å². The fraction of sp³-hybridized carbons (Fsp3) is 0.636. The van der Waals surface area contributed by atoms with E-state index in [0.29, 0.717) is 0 Å². The third kappa shape index (κ3) is 2.63. The maximum absolute atomic E-state index is 12.4. The minimum Gasteiger partial charge on any atom is -0.382 e. The van der Waals surface area contributed by atoms with E-state index in [0.717, 1.165) is 5.82 Å². The fourth-order valence-corrected chi connectivity index (χ4v) is 2.77. The Bertz CT molecular complexity index is 415. The summed E-state index contributed by atoms with van der Waals surface area (Å²) in [6.45, 7) is 5.81. The number of nitrogens with zero attached hydrogens (tertiary/aromatic N) is 3. The number of aromatic nitrogens is 2. The van der Waals surface area contributed by atoms with Gasteiger partial charge in [0, 0.05) is 39.6 Å². The molecule has 7 heteroatoms. The highest BCUT2D eigenvalue weighted by Crippen LogP contribution is 2.16. The molecule has 0 unspecified atom stereocenters. The van der Waals surface area contributed by atoms with Gasteiger partial charge in [-0.2, -0.15) is 0 Å². The summed E-state index contributed by atoms with van der Waals surface area (Å²) in [6, 6.07) is -0.186. The summed E-state index contributed by atoms with van der Waals surface area (Å²) >= 11 is 0. The van der Waals surface area contributed by atoms with Gasteiger partial charge >= 0.3 is 14.8 Å². The van der Waals surface area contributed by atoms with Crippen LogP contribution in [-0.4, -0.2) is 50.1 Å². The Labute approximate surface area is 109 Å². The highest BCUT2D eigenvalue weighted by molar-refractivity contribution is 6.65. The van der Waals surface area contributed by atoms with Gasteiger partial charge in [0.1, 0.15) is 5.82 Å². The zero-order chi connectivity index (χ0) is 13.9. The Hall–Kier alpha value is -1.18. The third-order valence-electron chi connectivity index (χ3n) is 3.05. The predicted molar refractivity (Wildman–Crippen MR) is 70.5 cm³/mol. The summed E-state index contributed by atoms with van der Waals surface area (Å²) in [7, 11) is 2.15. The van der Waals surface area contributed by atoms with Crippen LogP contribution in [0.1, 0.15) is 25.6 Å². The lowest BCUT2D eigenvalue weighted by molar-refractivity contribution is 0.176. The largest absolute Gasteiger partial charge is 0.459 e. The second kappa shape index (κ2) is 5.64. The van der Waals surface area contributed by atoms with E-state index in [9.17, 15) is 4.79 Å². The van der Waals surface area contributed by atoms with Crippen molar-refractivity contribution in [3.63, 3.8) is 0 Å². The Morgan fingerprint density at radius 3 is 2.44 bits per heavy atom. The minimum absolute atomic E-state index is 0.176. The van der Waals surface area contributed by atoms with Crippen LogP contribution in [0.15, 0.2) is 12.4 Å². The van der Waals surface area contributed by atoms with Crippen LogP contribution in [0.3, 0.4) is 0 Å². The number of rotatable bonds is 4. The maximum Gasteiger partial charge on any atom is 0.459 e. The average Bonchev–Trinajstić information content (AvgIpc) is 2.85. The summed E-state index contributed by atoms with van der Waals surface area (Å²) < 4.78 is 13.8. The van der Waals surface area contributed by atoms with Gasteiger partial charge in [-0.3, -0.25) is 4.57 Å². The van der Waals surface area contributed by atoms with Crippen LogP contribution in [-0.2, 0) is 8.85 Å². The molecule has 18 heavy (non-hydrogen) atoms. The van der Waals surface area contributed by atoms with Crippen molar-refractivity contribution >= 4 is 14.8 Å². The molecule has 1 heterocycles. The lowest BCUT2D eigenvalue weighted by Crippen LogP contribution is -2.56. The molecule has 0 aliphatic heterocycles. The van der Waals surface area contributed by atoms with E-state index in [2.05, 4.69) is 4.98 Å². The molecule has 1 aromatic heterocycles. The molecule has 102 valence electrons. The molecule has 0 saturated carbocycles. The van der Waals surface area contributed by atoms with Crippen molar-refractivity contribution < 1.29 is 13.6 Å². The van der Waals surface area contributed by atoms with Gasteiger partial charge in [0.05, 0.1) is 0 Å². The average molecular weight is 271 g/mol. The second-order valence-corrected chi connectivity index (χ2v) is 7.74. The molecule has 0 atom stereocenters. The molecular weight excluding hydrogens is 250 g/mol. The van der Waals surface area contributed by atoms with Gasteiger partial charge in [0.15, 0.2) is 0 Å². The first-order valence-corrected chi connectivity index (χ1v) is 8.05. The van der Waals surface area contributed by atoms with Crippen molar-refractivity contribution in [1.82, 2.24) is 14.1 Å². The van der Waals surface area contributed by atoms with Crippen LogP contribution >= 0.6 is 0 Å². The SMILES string of the molecule is CO[Si](C)(OC)N(C)C(=O)n1ccnc1C(C)C. The first kappa shape index (κ1) is 14.9. The van der Waals surface area contributed by atoms with Crippen molar-refractivity contribution in [1.29, 1.82) is 0 Å². The normalized spacial score (nSPS) is 11.9. The quantitative estimate of drug-likeness (QED) is 0.783. The number of hydrogen-bond acceptors (Lipinski definition) is 4. The molecule has 0 N–H and O–H groups in total. The van der Waals surface area contributed by atoms with Crippen LogP contribution in [0.5, 0.6) is 0 Å². The summed E-state index contributed by atoms with van der Waals surface area (Å²) in [5.74, 6) is 0.908. The van der Waals surface area contributed by atoms with Gasteiger partial charge in [-0.25, -0.2) is 9.78 Å². The van der Waals surface area contributed by atoms with E-state index in [-0.39, 0.29) is 11.9 Å². The van der Waals surface area contributed by atoms with Gasteiger partial charge in [0.2, 0.25) is 0 Å². The lowest BCUT2D eigenvalue weighted by atomic mass is 10.2. The molecule has 0 spiro atoms. The number of carbonyl (C=O) groups is 1. The zero-order valence-corrected chi connectivity index (χ0v) is 12.8. The standard InChI is InChI=1S/C11H21N3O3Si/c1-9(2)10-12-7-8-14(10)11(15)13(3)18(6,16-4)17-5/h7-9H,1-6H3. The molecule has 0 aliphatic carbocycles. The molecule has 1 amide bonds. The van der Waals surface area contributed by atoms with E-state index in [1.807, 2.05) is 20.4 Å². The van der Waals surface area contributed by atoms with Crippen molar-refractivity contribution in [3.8, 4) is 0 Å². The number of hydrogen-bond donors (Lipinski definition) is 0. The van der Waals surface area contributed by atoms with Crippen molar-refractivity contribution in [2.24, 2.45) is 0 Å². The minimum atomic E-state index is -2.64. The smallest absolute Gasteiger partial charge is 0.382 e. The summed E-state index contributed by atoms with van der Waals surface area (Å²) in [5.41, 5.74) is 0. The second-order valence-electron chi connectivity index (χ2n) is 4.46. The maximum atomic E-state index is 12.4. The topological polar surface area (TPSA) is 56.6 Å². The highest BCUT2D eigenvalue weighted by atomic mass is 28.4. The van der Waals surface area contributed by atoms with Crippen molar-refractivity contribution in [2.45, 2.75) is 26.3 Å². The molecule has 0 bridgehead atoms. The van der Waals surface area contributed by atoms with Gasteiger partial charge < -0.3 is 13.4 Å². The summed E-state index contributed by atoms with van der Waals surface area (Å²) in [5, 5.41) is 0. The molecule has 1 rings (SSSR count). The first-order valence-electron chi connectivity index (χ1n) is 5.79. The fourth-order valence-electron chi connectivity index (χ4n) is 1.60. The summed E-state index contributed by atoms with van der Waals surface area (Å²) in [4.78, 5) is 16.6. The van der Waals surface area contributed by atoms with Crippen LogP contribution in [0.4, 0.5) is 4.79 Å². The predicted octanol–water partition coefficient (Wildman–Crippen LogP) is 1.77. The third-order valence-corrected chi connectivity index (χ3v) is 5.97. The first-order chi connectivity index (χ1) is 8.37. The Kier molecular flexibility index (Phi) is 4.66. The van der Waals surface area contributed by atoms with Gasteiger partial charge in [0.25, 0.3) is 0 Å². The highest BCUT2D eigenvalue weighted by Gasteiger charge is 2.40. The molecule has 0 saturated heterocycles. The van der Waals surface area contributed by atoms with Crippen LogP contribution in [0.25, 0.3) is 0 Å². The van der Waals surface area contributed by atoms with Crippen LogP contribution < -0.4 is 0 Å². The Balaban J connectivity index is 3.03. The monoisotopic (exact) mass is 271 g/mol. The number of amides is 1. The Morgan fingerprint density at radius 1 is 1.44 bits per heavy atom. The van der Waals surface area contributed by atoms with E-state index in [1.54, 1.807) is 33.7 Å². The van der Waals surface area contributed by atoms with E-state index in [4.69, 9.17) is 8.85 Å². The van der Waals surface area contributed by atoms with Gasteiger partial charge in [-0.15, -0.1) is 0 Å². The number of imidazole rings is 1. The molecule has 0 aromatic carbocycles. The molecule has 0 aliphatic rings. The van der Waals surface area contributed by atoms with Gasteiger partial charge in [-0.1, -0.05) is 13.8 Å². The van der Waals surface area contributed by atoms with Crippen molar-refractivity contribution in [2.75, 3.05) is 21.3 Å². The molecule has 0 radical (unpaired) electrons. The molecule has 0 fully saturated rings. The van der Waals surface area contributed by atoms with Crippen LogP contribution in [0.2, 0.25) is 6.55 Å². The zero-order valence-electron chi connectivity index (χ0n) is 11.8. The molecule has 1 aromatic rings. The van der Waals surface area contributed by atoms with Crippen LogP contribution in [0, 0.1) is 0 Å². The summed E-state index contributed by atoms with van der Waals surface area (Å²) in [6.07, 6.45) is 3.29. The lowest BCUT2D eigenvalue weighted by Gasteiger charge is -2.32. The van der Waals surface area contributed by atoms with Gasteiger partial charge in [-0.05, 0) is 6.55 Å². The van der Waals surface area contributed by atoms with E-state index < -0.39 is 8.72 Å². The Morgan fingerprint density at radius 2 is 2.00 bits per heavy atom. The number of carbonyl (C=O) groups excluding carboxylic acids is 1. The van der Waals surface area contributed by atoms with E-state index >= 15 is 0 Å². The molecular formula is C11H21N3O3Si. The molecule has 6 nitrogen and oxygen atoms in total.